The van der Waals surface area contributed by atoms with Gasteiger partial charge in [-0.3, -0.25) is 4.57 Å². The van der Waals surface area contributed by atoms with E-state index in [1.165, 1.54) is 0 Å². The maximum absolute atomic E-state index is 12.2. The third-order valence-electron chi connectivity index (χ3n) is 4.60. The average molecular weight is 335 g/mol. The second kappa shape index (κ2) is 5.45. The summed E-state index contributed by atoms with van der Waals surface area (Å²) in [6.45, 7) is 1.54. The lowest BCUT2D eigenvalue weighted by atomic mass is 10.1. The number of aromatic nitrogens is 3. The number of pyridine rings is 1. The van der Waals surface area contributed by atoms with Crippen molar-refractivity contribution in [3.05, 3.63) is 18.3 Å². The number of anilines is 1. The van der Waals surface area contributed by atoms with Gasteiger partial charge in [-0.25, -0.2) is 23.1 Å². The topological polar surface area (TPSA) is 80.1 Å². The normalized spacial score (nSPS) is 22.7. The molecule has 0 bridgehead atoms. The molecule has 3 heterocycles. The van der Waals surface area contributed by atoms with E-state index in [0.717, 1.165) is 49.3 Å². The summed E-state index contributed by atoms with van der Waals surface area (Å²) in [7, 11) is -1.19. The number of imidazole rings is 1. The van der Waals surface area contributed by atoms with Crippen molar-refractivity contribution in [3.8, 4) is 0 Å². The van der Waals surface area contributed by atoms with E-state index >= 15 is 0 Å². The molecule has 0 amide bonds. The number of nitrogens with zero attached hydrogens (tertiary/aromatic N) is 4. The number of fused-ring (bicyclic) bond motifs is 1. The smallest absolute Gasteiger partial charge is 0.214 e. The molecule has 2 aliphatic rings. The molecular formula is C15H21N5O2S. The quantitative estimate of drug-likeness (QED) is 0.902. The third kappa shape index (κ3) is 2.81. The summed E-state index contributed by atoms with van der Waals surface area (Å²) < 4.78 is 29.2. The first-order valence-corrected chi connectivity index (χ1v) is 9.63. The molecule has 1 aliphatic heterocycles. The monoisotopic (exact) mass is 335 g/mol. The fourth-order valence-corrected chi connectivity index (χ4v) is 4.86. The zero-order chi connectivity index (χ0) is 16.0. The van der Waals surface area contributed by atoms with Gasteiger partial charge in [0.25, 0.3) is 0 Å². The van der Waals surface area contributed by atoms with Gasteiger partial charge in [0.05, 0.1) is 5.25 Å². The summed E-state index contributed by atoms with van der Waals surface area (Å²) in [5.41, 5.74) is 1.72. The first-order valence-electron chi connectivity index (χ1n) is 8.08. The van der Waals surface area contributed by atoms with Gasteiger partial charge >= 0.3 is 0 Å². The Bertz CT molecular complexity index is 828. The molecule has 124 valence electrons. The molecule has 8 heteroatoms. The maximum atomic E-state index is 12.2. The number of rotatable bonds is 4. The predicted octanol–water partition coefficient (Wildman–Crippen LogP) is 1.02. The van der Waals surface area contributed by atoms with Crippen molar-refractivity contribution in [2.24, 2.45) is 7.05 Å². The van der Waals surface area contributed by atoms with Crippen molar-refractivity contribution < 1.29 is 8.42 Å². The fraction of sp³-hybridized carbons (Fsp3) is 0.600. The SMILES string of the molecule is Cn1c(N2CCCC(NS(=O)(=O)C3CC3)C2)nc2cccnc21. The molecule has 2 aromatic heterocycles. The molecule has 7 nitrogen and oxygen atoms in total. The number of hydrogen-bond donors (Lipinski definition) is 1. The maximum Gasteiger partial charge on any atom is 0.214 e. The van der Waals surface area contributed by atoms with Gasteiger partial charge in [0.2, 0.25) is 16.0 Å². The van der Waals surface area contributed by atoms with Crippen LogP contribution in [-0.4, -0.2) is 47.3 Å². The lowest BCUT2D eigenvalue weighted by Gasteiger charge is -2.33. The van der Waals surface area contributed by atoms with Crippen LogP contribution in [-0.2, 0) is 17.1 Å². The molecule has 1 saturated heterocycles. The van der Waals surface area contributed by atoms with E-state index in [1.807, 2.05) is 23.7 Å². The summed E-state index contributed by atoms with van der Waals surface area (Å²) >= 11 is 0. The molecule has 1 unspecified atom stereocenters. The number of piperidine rings is 1. The van der Waals surface area contributed by atoms with Crippen molar-refractivity contribution in [2.45, 2.75) is 37.0 Å². The van der Waals surface area contributed by atoms with Crippen LogP contribution in [0.2, 0.25) is 0 Å². The van der Waals surface area contributed by atoms with Crippen LogP contribution in [0.4, 0.5) is 5.95 Å². The molecule has 2 fully saturated rings. The lowest BCUT2D eigenvalue weighted by Crippen LogP contribution is -2.49. The van der Waals surface area contributed by atoms with Gasteiger partial charge in [-0.05, 0) is 37.8 Å². The Hall–Kier alpha value is -1.67. The van der Waals surface area contributed by atoms with Crippen molar-refractivity contribution in [3.63, 3.8) is 0 Å². The molecule has 0 aromatic carbocycles. The zero-order valence-electron chi connectivity index (χ0n) is 13.1. The highest BCUT2D eigenvalue weighted by Crippen LogP contribution is 2.29. The van der Waals surface area contributed by atoms with Crippen LogP contribution in [0.15, 0.2) is 18.3 Å². The van der Waals surface area contributed by atoms with E-state index in [2.05, 4.69) is 19.6 Å². The Kier molecular flexibility index (Phi) is 3.53. The van der Waals surface area contributed by atoms with E-state index in [4.69, 9.17) is 0 Å². The van der Waals surface area contributed by atoms with Crippen LogP contribution >= 0.6 is 0 Å². The van der Waals surface area contributed by atoms with Crippen molar-refractivity contribution in [1.82, 2.24) is 19.3 Å². The minimum absolute atomic E-state index is 0.0397. The van der Waals surface area contributed by atoms with Gasteiger partial charge in [-0.15, -0.1) is 0 Å². The number of aryl methyl sites for hydroxylation is 1. The van der Waals surface area contributed by atoms with Crippen molar-refractivity contribution in [1.29, 1.82) is 0 Å². The fourth-order valence-electron chi connectivity index (χ4n) is 3.26. The largest absolute Gasteiger partial charge is 0.341 e. The molecule has 1 aliphatic carbocycles. The molecule has 1 N–H and O–H groups in total. The first kappa shape index (κ1) is 14.9. The summed E-state index contributed by atoms with van der Waals surface area (Å²) in [5.74, 6) is 0.856. The van der Waals surface area contributed by atoms with E-state index in [1.54, 1.807) is 6.20 Å². The van der Waals surface area contributed by atoms with Crippen LogP contribution in [0.25, 0.3) is 11.2 Å². The molecule has 23 heavy (non-hydrogen) atoms. The highest BCUT2D eigenvalue weighted by molar-refractivity contribution is 7.90. The van der Waals surface area contributed by atoms with Crippen LogP contribution in [0.1, 0.15) is 25.7 Å². The van der Waals surface area contributed by atoms with Gasteiger partial charge in [0.15, 0.2) is 5.65 Å². The van der Waals surface area contributed by atoms with Gasteiger partial charge < -0.3 is 4.90 Å². The molecule has 1 saturated carbocycles. The summed E-state index contributed by atoms with van der Waals surface area (Å²) in [4.78, 5) is 11.2. The Balaban J connectivity index is 1.55. The minimum atomic E-state index is -3.14. The van der Waals surface area contributed by atoms with E-state index in [-0.39, 0.29) is 11.3 Å². The highest BCUT2D eigenvalue weighted by Gasteiger charge is 2.38. The van der Waals surface area contributed by atoms with E-state index in [0.29, 0.717) is 6.54 Å². The Morgan fingerprint density at radius 3 is 2.87 bits per heavy atom. The molecule has 0 spiro atoms. The highest BCUT2D eigenvalue weighted by atomic mass is 32.2. The molecule has 4 rings (SSSR count). The standard InChI is InChI=1S/C15H21N5O2S/c1-19-14-13(5-2-8-16-14)17-15(19)20-9-3-4-11(10-20)18-23(21,22)12-6-7-12/h2,5,8,11-12,18H,3-4,6-7,9-10H2,1H3. The van der Waals surface area contributed by atoms with Crippen molar-refractivity contribution in [2.75, 3.05) is 18.0 Å². The van der Waals surface area contributed by atoms with Gasteiger partial charge in [0, 0.05) is 32.4 Å². The van der Waals surface area contributed by atoms with Gasteiger partial charge in [0.1, 0.15) is 5.52 Å². The predicted molar refractivity (Wildman–Crippen MR) is 88.8 cm³/mol. The van der Waals surface area contributed by atoms with Crippen LogP contribution < -0.4 is 9.62 Å². The van der Waals surface area contributed by atoms with Gasteiger partial charge in [-0.2, -0.15) is 0 Å². The van der Waals surface area contributed by atoms with Crippen molar-refractivity contribution >= 4 is 27.1 Å². The minimum Gasteiger partial charge on any atom is -0.341 e. The Morgan fingerprint density at radius 2 is 2.13 bits per heavy atom. The second-order valence-electron chi connectivity index (χ2n) is 6.46. The second-order valence-corrected chi connectivity index (χ2v) is 8.46. The Labute approximate surface area is 135 Å². The first-order chi connectivity index (χ1) is 11.0. The average Bonchev–Trinajstić information content (AvgIpc) is 3.33. The van der Waals surface area contributed by atoms with Crippen LogP contribution in [0, 0.1) is 0 Å². The molecular weight excluding hydrogens is 314 g/mol. The summed E-state index contributed by atoms with van der Waals surface area (Å²) in [6, 6.07) is 3.78. The number of sulfonamides is 1. The number of hydrogen-bond acceptors (Lipinski definition) is 5. The third-order valence-corrected chi connectivity index (χ3v) is 6.61. The Morgan fingerprint density at radius 1 is 1.30 bits per heavy atom. The zero-order valence-corrected chi connectivity index (χ0v) is 14.0. The van der Waals surface area contributed by atoms with E-state index in [9.17, 15) is 8.42 Å². The lowest BCUT2D eigenvalue weighted by molar-refractivity contribution is 0.459. The molecule has 1 atom stereocenters. The number of nitrogens with one attached hydrogen (secondary N) is 1. The van der Waals surface area contributed by atoms with E-state index < -0.39 is 10.0 Å². The van der Waals surface area contributed by atoms with Gasteiger partial charge in [-0.1, -0.05) is 0 Å². The molecule has 0 radical (unpaired) electrons. The summed E-state index contributed by atoms with van der Waals surface area (Å²) in [5, 5.41) is -0.169. The van der Waals surface area contributed by atoms with Crippen LogP contribution in [0.3, 0.4) is 0 Å². The molecule has 2 aromatic rings. The van der Waals surface area contributed by atoms with Crippen LogP contribution in [0.5, 0.6) is 0 Å². The summed E-state index contributed by atoms with van der Waals surface area (Å²) in [6.07, 6.45) is 5.18.